The summed E-state index contributed by atoms with van der Waals surface area (Å²) in [7, 11) is 1.59. The highest BCUT2D eigenvalue weighted by molar-refractivity contribution is 8.13. The number of ether oxygens (including phenoxy) is 1. The van der Waals surface area contributed by atoms with Gasteiger partial charge in [-0.2, -0.15) is 0 Å². The maximum Gasteiger partial charge on any atom is 0.276 e. The Balaban J connectivity index is 1.59. The van der Waals surface area contributed by atoms with Crippen molar-refractivity contribution in [2.75, 3.05) is 7.11 Å². The Morgan fingerprint density at radius 2 is 1.82 bits per heavy atom. The maximum absolute atomic E-state index is 13.3. The molecule has 2 heterocycles. The minimum absolute atomic E-state index is 0.239. The van der Waals surface area contributed by atoms with E-state index < -0.39 is 6.17 Å². The molecule has 0 unspecified atom stereocenters. The number of hydrogen-bond donors (Lipinski definition) is 1. The molecule has 0 saturated heterocycles. The van der Waals surface area contributed by atoms with E-state index in [-0.39, 0.29) is 5.91 Å². The van der Waals surface area contributed by atoms with Gasteiger partial charge < -0.3 is 4.74 Å². The standard InChI is InChI=1S/C24H18Cl2N4O2S/c1-32-20-11-10-16(26)12-18(20)22-27-19-5-3-2-4-17(19)21-23(31)28-24(29-30(21)22)33-13-14-6-8-15(25)9-7-14/h2-12,22H,13H2,1H3,(H,28,29,31)/t22-/m0/s1. The molecule has 9 heteroatoms. The molecule has 0 spiro atoms. The molecule has 166 valence electrons. The van der Waals surface area contributed by atoms with Crippen LogP contribution in [0.25, 0.3) is 5.70 Å². The number of fused-ring (bicyclic) bond motifs is 2. The number of methoxy groups -OCH3 is 1. The van der Waals surface area contributed by atoms with Crippen LogP contribution in [0.2, 0.25) is 10.0 Å². The van der Waals surface area contributed by atoms with Crippen LogP contribution in [0.3, 0.4) is 0 Å². The molecule has 0 fully saturated rings. The molecule has 3 aromatic rings. The van der Waals surface area contributed by atoms with Crippen molar-refractivity contribution in [3.8, 4) is 5.75 Å². The van der Waals surface area contributed by atoms with Crippen LogP contribution in [0.4, 0.5) is 0 Å². The summed E-state index contributed by atoms with van der Waals surface area (Å²) in [5.41, 5.74) is 2.22. The Kier molecular flexibility index (Phi) is 6.01. The number of nitrogens with zero attached hydrogens (tertiary/aromatic N) is 3. The average Bonchev–Trinajstić information content (AvgIpc) is 2.83. The van der Waals surface area contributed by atoms with Crippen molar-refractivity contribution in [1.82, 2.24) is 10.3 Å². The number of thioether (sulfide) groups is 1. The second-order valence-electron chi connectivity index (χ2n) is 7.37. The zero-order valence-electron chi connectivity index (χ0n) is 17.5. The summed E-state index contributed by atoms with van der Waals surface area (Å²) in [6.07, 6.45) is -0.610. The molecule has 2 aliphatic heterocycles. The minimum atomic E-state index is -0.610. The average molecular weight is 497 g/mol. The molecule has 0 saturated carbocycles. The zero-order chi connectivity index (χ0) is 22.9. The highest BCUT2D eigenvalue weighted by Gasteiger charge is 2.35. The molecule has 1 atom stereocenters. The lowest BCUT2D eigenvalue weighted by Gasteiger charge is -2.34. The largest absolute Gasteiger partial charge is 0.496 e. The van der Waals surface area contributed by atoms with Gasteiger partial charge in [-0.15, -0.1) is 5.10 Å². The number of benzene rings is 3. The van der Waals surface area contributed by atoms with Crippen LogP contribution in [0.15, 0.2) is 76.8 Å². The number of carbonyl (C=O) groups excluding carboxylic acids is 1. The predicted molar refractivity (Wildman–Crippen MR) is 132 cm³/mol. The summed E-state index contributed by atoms with van der Waals surface area (Å²) in [5, 5.41) is 12.5. The number of carbonyl (C=O) groups is 1. The monoisotopic (exact) mass is 496 g/mol. The van der Waals surface area contributed by atoms with E-state index in [0.717, 1.165) is 16.3 Å². The van der Waals surface area contributed by atoms with Crippen molar-refractivity contribution in [3.63, 3.8) is 0 Å². The topological polar surface area (TPSA) is 66.3 Å². The van der Waals surface area contributed by atoms with Gasteiger partial charge in [0, 0.05) is 26.6 Å². The number of para-hydroxylation sites is 1. The molecule has 1 N–H and O–H groups in total. The van der Waals surface area contributed by atoms with Gasteiger partial charge in [0.2, 0.25) is 0 Å². The molecule has 3 aromatic carbocycles. The van der Waals surface area contributed by atoms with Crippen molar-refractivity contribution in [1.29, 1.82) is 0 Å². The Morgan fingerprint density at radius 3 is 2.61 bits per heavy atom. The predicted octanol–water partition coefficient (Wildman–Crippen LogP) is 4.08. The van der Waals surface area contributed by atoms with Gasteiger partial charge in [-0.3, -0.25) is 15.1 Å². The minimum Gasteiger partial charge on any atom is -0.496 e. The number of amidine groups is 1. The first-order chi connectivity index (χ1) is 16.0. The summed E-state index contributed by atoms with van der Waals surface area (Å²) in [6, 6.07) is 20.4. The summed E-state index contributed by atoms with van der Waals surface area (Å²) in [5.74, 6) is 0.999. The van der Waals surface area contributed by atoms with Gasteiger partial charge in [0.15, 0.2) is 11.3 Å². The second-order valence-corrected chi connectivity index (χ2v) is 9.21. The van der Waals surface area contributed by atoms with E-state index in [1.807, 2.05) is 48.5 Å². The third kappa shape index (κ3) is 4.31. The lowest BCUT2D eigenvalue weighted by Crippen LogP contribution is -2.50. The normalized spacial score (nSPS) is 16.9. The number of rotatable bonds is 4. The fourth-order valence-corrected chi connectivity index (χ4v) is 4.85. The van der Waals surface area contributed by atoms with Crippen LogP contribution in [0, 0.1) is 0 Å². The fourth-order valence-electron chi connectivity index (χ4n) is 3.73. The third-order valence-corrected chi connectivity index (χ3v) is 6.70. The van der Waals surface area contributed by atoms with Gasteiger partial charge in [-0.25, -0.2) is 5.01 Å². The van der Waals surface area contributed by atoms with Crippen LogP contribution in [-0.4, -0.2) is 23.2 Å². The molecule has 0 bridgehead atoms. The van der Waals surface area contributed by atoms with E-state index in [9.17, 15) is 4.79 Å². The van der Waals surface area contributed by atoms with Crippen LogP contribution >= 0.6 is 35.0 Å². The number of hydrogen-bond acceptors (Lipinski definition) is 6. The lowest BCUT2D eigenvalue weighted by atomic mass is 10.1. The summed E-state index contributed by atoms with van der Waals surface area (Å²) in [4.78, 5) is 18.2. The van der Waals surface area contributed by atoms with E-state index in [4.69, 9.17) is 38.0 Å². The van der Waals surface area contributed by atoms with Crippen molar-refractivity contribution >= 4 is 51.7 Å². The highest BCUT2D eigenvalue weighted by atomic mass is 35.5. The van der Waals surface area contributed by atoms with Crippen molar-refractivity contribution in [3.05, 3.63) is 98.5 Å². The number of amides is 1. The fraction of sp³-hybridized carbons (Fsp3) is 0.125. The molecule has 2 aliphatic rings. The summed E-state index contributed by atoms with van der Waals surface area (Å²) < 4.78 is 5.57. The Hall–Kier alpha value is -3.00. The van der Waals surface area contributed by atoms with Crippen molar-refractivity contribution in [2.24, 2.45) is 10.1 Å². The Bertz CT molecular complexity index is 1390. The summed E-state index contributed by atoms with van der Waals surface area (Å²) in [6.45, 7) is 0. The molecule has 0 aromatic heterocycles. The first-order valence-electron chi connectivity index (χ1n) is 10.1. The number of hydrazone groups is 1. The first kappa shape index (κ1) is 21.8. The van der Waals surface area contributed by atoms with E-state index in [0.29, 0.717) is 37.8 Å². The van der Waals surface area contributed by atoms with E-state index in [2.05, 4.69) is 5.32 Å². The zero-order valence-corrected chi connectivity index (χ0v) is 19.8. The maximum atomic E-state index is 13.3. The third-order valence-electron chi connectivity index (χ3n) is 5.27. The van der Waals surface area contributed by atoms with Crippen LogP contribution < -0.4 is 20.6 Å². The van der Waals surface area contributed by atoms with Gasteiger partial charge in [0.25, 0.3) is 5.91 Å². The molecule has 0 aliphatic carbocycles. The van der Waals surface area contributed by atoms with Crippen LogP contribution in [0.5, 0.6) is 5.75 Å². The lowest BCUT2D eigenvalue weighted by molar-refractivity contribution is -0.116. The summed E-state index contributed by atoms with van der Waals surface area (Å²) >= 11 is 13.7. The Morgan fingerprint density at radius 1 is 1.06 bits per heavy atom. The van der Waals surface area contributed by atoms with E-state index >= 15 is 0 Å². The van der Waals surface area contributed by atoms with Gasteiger partial charge in [0.1, 0.15) is 11.4 Å². The molecule has 0 radical (unpaired) electrons. The highest BCUT2D eigenvalue weighted by Crippen LogP contribution is 2.37. The van der Waals surface area contributed by atoms with E-state index in [1.165, 1.54) is 11.8 Å². The van der Waals surface area contributed by atoms with Crippen molar-refractivity contribution in [2.45, 2.75) is 11.9 Å². The molecular weight excluding hydrogens is 479 g/mol. The van der Waals surface area contributed by atoms with E-state index in [1.54, 1.807) is 30.3 Å². The molecule has 5 rings (SSSR count). The smallest absolute Gasteiger partial charge is 0.276 e. The number of halogens is 2. The second kappa shape index (κ2) is 9.09. The molecule has 1 amide bonds. The SMILES string of the molecule is COc1ccc(Cl)cc1[C@H]1N=c2ccccc2=C2C(=O)NC(SCc3ccc(Cl)cc3)=NN21. The number of nitrogens with one attached hydrogen (secondary N) is 1. The van der Waals surface area contributed by atoms with Crippen LogP contribution in [-0.2, 0) is 10.5 Å². The van der Waals surface area contributed by atoms with Gasteiger partial charge >= 0.3 is 0 Å². The molecular formula is C24H18Cl2N4O2S. The van der Waals surface area contributed by atoms with Crippen LogP contribution in [0.1, 0.15) is 17.3 Å². The van der Waals surface area contributed by atoms with Gasteiger partial charge in [0.05, 0.1) is 12.5 Å². The quantitative estimate of drug-likeness (QED) is 0.590. The van der Waals surface area contributed by atoms with Crippen molar-refractivity contribution < 1.29 is 9.53 Å². The van der Waals surface area contributed by atoms with Gasteiger partial charge in [-0.1, -0.05) is 65.3 Å². The molecule has 6 nitrogen and oxygen atoms in total. The Labute approximate surface area is 204 Å². The first-order valence-corrected chi connectivity index (χ1v) is 11.8. The molecule has 33 heavy (non-hydrogen) atoms. The van der Waals surface area contributed by atoms with Gasteiger partial charge in [-0.05, 0) is 42.0 Å².